The molecule has 20 heavy (non-hydrogen) atoms. The van der Waals surface area contributed by atoms with Gasteiger partial charge in [-0.1, -0.05) is 72.3 Å². The summed E-state index contributed by atoms with van der Waals surface area (Å²) in [6.45, 7) is 0. The van der Waals surface area contributed by atoms with Gasteiger partial charge in [0.2, 0.25) is 0 Å². The molecule has 100 valence electrons. The third kappa shape index (κ3) is 2.50. The van der Waals surface area contributed by atoms with Gasteiger partial charge in [-0.15, -0.1) is 0 Å². The van der Waals surface area contributed by atoms with Crippen LogP contribution in [0.3, 0.4) is 0 Å². The lowest BCUT2D eigenvalue weighted by Crippen LogP contribution is -2.30. The summed E-state index contributed by atoms with van der Waals surface area (Å²) in [4.78, 5) is 2.27. The van der Waals surface area contributed by atoms with E-state index in [0.29, 0.717) is 0 Å². The molecule has 1 aliphatic heterocycles. The Morgan fingerprint density at radius 2 is 1.80 bits per heavy atom. The van der Waals surface area contributed by atoms with Crippen LogP contribution < -0.4 is 4.90 Å². The zero-order valence-corrected chi connectivity index (χ0v) is 12.1. The fraction of sp³-hybridized carbons (Fsp3) is 0.111. The van der Waals surface area contributed by atoms with E-state index in [1.165, 1.54) is 11.3 Å². The molecule has 0 saturated heterocycles. The van der Waals surface area contributed by atoms with Gasteiger partial charge in [-0.2, -0.15) is 0 Å². The number of benzene rings is 2. The van der Waals surface area contributed by atoms with Gasteiger partial charge in [-0.3, -0.25) is 0 Å². The van der Waals surface area contributed by atoms with Crippen LogP contribution in [0.4, 0.5) is 5.69 Å². The van der Waals surface area contributed by atoms with Crippen LogP contribution in [0.5, 0.6) is 0 Å². The van der Waals surface area contributed by atoms with Crippen LogP contribution in [0.1, 0.15) is 11.1 Å². The third-order valence-electron chi connectivity index (χ3n) is 3.62. The van der Waals surface area contributed by atoms with Gasteiger partial charge in [0.15, 0.2) is 0 Å². The maximum atomic E-state index is 6.18. The number of rotatable bonds is 2. The highest BCUT2D eigenvalue weighted by Crippen LogP contribution is 2.28. The maximum absolute atomic E-state index is 6.18. The highest BCUT2D eigenvalue weighted by atomic mass is 35.5. The zero-order valence-electron chi connectivity index (χ0n) is 11.3. The summed E-state index contributed by atoms with van der Waals surface area (Å²) < 4.78 is 0. The van der Waals surface area contributed by atoms with E-state index in [1.54, 1.807) is 0 Å². The van der Waals surface area contributed by atoms with Gasteiger partial charge in [0.05, 0.1) is 6.04 Å². The average molecular weight is 282 g/mol. The van der Waals surface area contributed by atoms with Crippen molar-refractivity contribution in [3.63, 3.8) is 0 Å². The number of para-hydroxylation sites is 1. The predicted octanol–water partition coefficient (Wildman–Crippen LogP) is 4.89. The van der Waals surface area contributed by atoms with E-state index < -0.39 is 0 Å². The van der Waals surface area contributed by atoms with E-state index in [-0.39, 0.29) is 6.04 Å². The van der Waals surface area contributed by atoms with Crippen LogP contribution >= 0.6 is 11.6 Å². The predicted molar refractivity (Wildman–Crippen MR) is 88.2 cm³/mol. The lowest BCUT2D eigenvalue weighted by molar-refractivity contribution is 0.889. The van der Waals surface area contributed by atoms with Gasteiger partial charge in [0, 0.05) is 17.8 Å². The van der Waals surface area contributed by atoms with Crippen LogP contribution in [0.25, 0.3) is 12.2 Å². The number of halogens is 1. The van der Waals surface area contributed by atoms with Gasteiger partial charge in [-0.05, 0) is 23.3 Å². The van der Waals surface area contributed by atoms with Gasteiger partial charge in [0.1, 0.15) is 0 Å². The van der Waals surface area contributed by atoms with Crippen molar-refractivity contribution in [3.05, 3.63) is 76.8 Å². The lowest BCUT2D eigenvalue weighted by Gasteiger charge is -2.30. The molecule has 1 unspecified atom stereocenters. The molecule has 0 amide bonds. The summed E-state index contributed by atoms with van der Waals surface area (Å²) in [6, 6.07) is 16.6. The van der Waals surface area contributed by atoms with E-state index in [9.17, 15) is 0 Å². The Morgan fingerprint density at radius 1 is 1.05 bits per heavy atom. The number of hydrogen-bond acceptors (Lipinski definition) is 1. The zero-order chi connectivity index (χ0) is 13.9. The molecule has 1 heterocycles. The molecular weight excluding hydrogens is 266 g/mol. The van der Waals surface area contributed by atoms with Gasteiger partial charge in [-0.25, -0.2) is 0 Å². The molecule has 0 radical (unpaired) electrons. The highest BCUT2D eigenvalue weighted by molar-refractivity contribution is 6.32. The maximum Gasteiger partial charge on any atom is 0.0660 e. The van der Waals surface area contributed by atoms with Gasteiger partial charge in [0.25, 0.3) is 0 Å². The molecule has 0 spiro atoms. The second kappa shape index (κ2) is 5.56. The minimum atomic E-state index is 0.251. The summed E-state index contributed by atoms with van der Waals surface area (Å²) in [6.07, 6.45) is 8.64. The van der Waals surface area contributed by atoms with E-state index in [1.807, 2.05) is 24.3 Å². The van der Waals surface area contributed by atoms with Crippen molar-refractivity contribution in [1.82, 2.24) is 0 Å². The largest absolute Gasteiger partial charge is 0.364 e. The smallest absolute Gasteiger partial charge is 0.0660 e. The Morgan fingerprint density at radius 3 is 2.65 bits per heavy atom. The van der Waals surface area contributed by atoms with Crippen molar-refractivity contribution in [2.75, 3.05) is 11.9 Å². The topological polar surface area (TPSA) is 3.24 Å². The Kier molecular flexibility index (Phi) is 3.62. The lowest BCUT2D eigenvalue weighted by atomic mass is 10.0. The minimum absolute atomic E-state index is 0.251. The second-order valence-corrected chi connectivity index (χ2v) is 5.31. The van der Waals surface area contributed by atoms with Gasteiger partial charge < -0.3 is 4.90 Å². The minimum Gasteiger partial charge on any atom is -0.364 e. The van der Waals surface area contributed by atoms with Gasteiger partial charge >= 0.3 is 0 Å². The first kappa shape index (κ1) is 13.0. The fourth-order valence-electron chi connectivity index (χ4n) is 2.45. The molecular formula is C18H16ClN. The van der Waals surface area contributed by atoms with Crippen molar-refractivity contribution in [2.45, 2.75) is 6.04 Å². The monoisotopic (exact) mass is 281 g/mol. The molecule has 0 aromatic heterocycles. The highest BCUT2D eigenvalue weighted by Gasteiger charge is 2.15. The molecule has 0 saturated carbocycles. The summed E-state index contributed by atoms with van der Waals surface area (Å²) in [5, 5.41) is 0.784. The first-order chi connectivity index (χ1) is 9.75. The average Bonchev–Trinajstić information content (AvgIpc) is 2.48. The molecule has 0 bridgehead atoms. The molecule has 1 nitrogen and oxygen atoms in total. The Labute approximate surface area is 124 Å². The van der Waals surface area contributed by atoms with Crippen molar-refractivity contribution in [2.24, 2.45) is 0 Å². The second-order valence-electron chi connectivity index (χ2n) is 4.90. The first-order valence-electron chi connectivity index (χ1n) is 6.68. The number of nitrogens with zero attached hydrogens (tertiary/aromatic N) is 1. The first-order valence-corrected chi connectivity index (χ1v) is 7.06. The van der Waals surface area contributed by atoms with E-state index in [2.05, 4.69) is 60.5 Å². The molecule has 1 aliphatic rings. The standard InChI is InChI=1S/C18H16ClN/c1-20-16(12-10-14-6-2-4-8-17(14)19)13-11-15-7-3-5-9-18(15)20/h2-13,16H,1H3/b12-10+. The Bertz CT molecular complexity index is 673. The quantitative estimate of drug-likeness (QED) is 0.758. The Balaban J connectivity index is 1.85. The summed E-state index contributed by atoms with van der Waals surface area (Å²) in [5.41, 5.74) is 3.57. The molecule has 0 aliphatic carbocycles. The van der Waals surface area contributed by atoms with Crippen molar-refractivity contribution in [3.8, 4) is 0 Å². The fourth-order valence-corrected chi connectivity index (χ4v) is 2.65. The van der Waals surface area contributed by atoms with Crippen LogP contribution in [-0.4, -0.2) is 13.1 Å². The molecule has 2 aromatic rings. The molecule has 1 atom stereocenters. The summed E-state index contributed by atoms with van der Waals surface area (Å²) >= 11 is 6.18. The number of anilines is 1. The third-order valence-corrected chi connectivity index (χ3v) is 3.96. The Hall–Kier alpha value is -1.99. The van der Waals surface area contributed by atoms with E-state index >= 15 is 0 Å². The number of hydrogen-bond donors (Lipinski definition) is 0. The molecule has 2 aromatic carbocycles. The SMILES string of the molecule is CN1c2ccccc2C=CC1/C=C/c1ccccc1Cl. The number of likely N-dealkylation sites (N-methyl/N-ethyl adjacent to an activating group) is 1. The van der Waals surface area contributed by atoms with Crippen molar-refractivity contribution >= 4 is 29.4 Å². The van der Waals surface area contributed by atoms with Crippen LogP contribution in [0, 0.1) is 0 Å². The van der Waals surface area contributed by atoms with Crippen molar-refractivity contribution in [1.29, 1.82) is 0 Å². The molecule has 0 N–H and O–H groups in total. The molecule has 0 fully saturated rings. The normalized spacial score (nSPS) is 17.5. The van der Waals surface area contributed by atoms with E-state index in [0.717, 1.165) is 10.6 Å². The van der Waals surface area contributed by atoms with Crippen LogP contribution in [-0.2, 0) is 0 Å². The van der Waals surface area contributed by atoms with Crippen molar-refractivity contribution < 1.29 is 0 Å². The molecule has 2 heteroatoms. The summed E-state index contributed by atoms with van der Waals surface area (Å²) in [5.74, 6) is 0. The van der Waals surface area contributed by atoms with E-state index in [4.69, 9.17) is 11.6 Å². The van der Waals surface area contributed by atoms with Crippen LogP contribution in [0.15, 0.2) is 60.7 Å². The van der Waals surface area contributed by atoms with Crippen LogP contribution in [0.2, 0.25) is 5.02 Å². The summed E-state index contributed by atoms with van der Waals surface area (Å²) in [7, 11) is 2.12. The number of fused-ring (bicyclic) bond motifs is 1. The molecule has 3 rings (SSSR count).